The Bertz CT molecular complexity index is 458. The van der Waals surface area contributed by atoms with Gasteiger partial charge in [-0.3, -0.25) is 9.89 Å². The number of H-pyrrole nitrogens is 1. The summed E-state index contributed by atoms with van der Waals surface area (Å²) in [5, 5.41) is 2.96. The molecule has 0 atom stereocenters. The molecule has 4 heteroatoms. The third kappa shape index (κ3) is 2.18. The maximum absolute atomic E-state index is 11.4. The number of nitrogens with zero attached hydrogens (tertiary/aromatic N) is 1. The fourth-order valence-corrected chi connectivity index (χ4v) is 1.28. The van der Waals surface area contributed by atoms with Crippen LogP contribution in [0.2, 0.25) is 0 Å². The van der Waals surface area contributed by atoms with Gasteiger partial charge in [0.15, 0.2) is 0 Å². The monoisotopic (exact) mass is 198 g/mol. The zero-order chi connectivity index (χ0) is 9.26. The number of para-hydroxylation sites is 1. The van der Waals surface area contributed by atoms with Crippen molar-refractivity contribution in [2.75, 3.05) is 0 Å². The Morgan fingerprint density at radius 3 is 2.36 bits per heavy atom. The number of aromatic nitrogens is 2. The molecule has 0 fully saturated rings. The molecule has 68 valence electrons. The van der Waals surface area contributed by atoms with Crippen LogP contribution in [0.3, 0.4) is 0 Å². The van der Waals surface area contributed by atoms with Crippen LogP contribution in [-0.4, -0.2) is 39.3 Å². The Hall–Kier alpha value is -0.770. The van der Waals surface area contributed by atoms with Gasteiger partial charge in [-0.15, -0.1) is 0 Å². The first-order valence-corrected chi connectivity index (χ1v) is 4.11. The molecule has 1 N–H and O–H groups in total. The van der Waals surface area contributed by atoms with Crippen molar-refractivity contribution in [2.45, 2.75) is 6.92 Å². The number of aryl methyl sites for hydroxylation is 1. The van der Waals surface area contributed by atoms with Crippen LogP contribution in [0.1, 0.15) is 5.69 Å². The number of rotatable bonds is 1. The van der Waals surface area contributed by atoms with Crippen molar-refractivity contribution in [3.8, 4) is 5.69 Å². The summed E-state index contributed by atoms with van der Waals surface area (Å²) in [6.45, 7) is 1.86. The van der Waals surface area contributed by atoms with Gasteiger partial charge in [0.25, 0.3) is 5.56 Å². The number of hydrogen-bond donors (Lipinski definition) is 1. The Kier molecular flexibility index (Phi) is 3.75. The van der Waals surface area contributed by atoms with Gasteiger partial charge in [0.05, 0.1) is 5.69 Å². The molecule has 0 radical (unpaired) electrons. The molecule has 0 saturated carbocycles. The van der Waals surface area contributed by atoms with Crippen LogP contribution in [0.5, 0.6) is 0 Å². The average Bonchev–Trinajstić information content (AvgIpc) is 2.47. The molecule has 0 bridgehead atoms. The summed E-state index contributed by atoms with van der Waals surface area (Å²) in [5.41, 5.74) is 1.71. The van der Waals surface area contributed by atoms with Gasteiger partial charge in [-0.25, -0.2) is 4.68 Å². The second-order valence-corrected chi connectivity index (χ2v) is 2.95. The first kappa shape index (κ1) is 11.3. The predicted octanol–water partition coefficient (Wildman–Crippen LogP) is 0.826. The van der Waals surface area contributed by atoms with E-state index < -0.39 is 0 Å². The van der Waals surface area contributed by atoms with Gasteiger partial charge in [-0.2, -0.15) is 0 Å². The van der Waals surface area contributed by atoms with Crippen molar-refractivity contribution in [1.29, 1.82) is 0 Å². The molecule has 0 aliphatic rings. The molecule has 14 heavy (non-hydrogen) atoms. The summed E-state index contributed by atoms with van der Waals surface area (Å²) in [6, 6.07) is 11.1. The molecule has 0 amide bonds. The minimum absolute atomic E-state index is 0. The number of benzene rings is 1. The second-order valence-electron chi connectivity index (χ2n) is 2.95. The van der Waals surface area contributed by atoms with E-state index in [2.05, 4.69) is 5.10 Å². The first-order chi connectivity index (χ1) is 6.27. The van der Waals surface area contributed by atoms with Gasteiger partial charge in [0.1, 0.15) is 0 Å². The van der Waals surface area contributed by atoms with E-state index in [1.807, 2.05) is 37.3 Å². The van der Waals surface area contributed by atoms with Gasteiger partial charge in [0.2, 0.25) is 0 Å². The molecule has 1 aromatic carbocycles. The van der Waals surface area contributed by atoms with Crippen LogP contribution in [0.15, 0.2) is 41.2 Å². The van der Waals surface area contributed by atoms with Crippen LogP contribution < -0.4 is 5.56 Å². The molecular weight excluding hydrogens is 187 g/mol. The van der Waals surface area contributed by atoms with Crippen molar-refractivity contribution < 1.29 is 0 Å². The topological polar surface area (TPSA) is 37.8 Å². The normalized spacial score (nSPS) is 9.50. The fourth-order valence-electron chi connectivity index (χ4n) is 1.28. The van der Waals surface area contributed by atoms with E-state index in [1.165, 1.54) is 4.68 Å². The molecule has 0 saturated heterocycles. The molecule has 0 spiro atoms. The molecule has 0 aliphatic carbocycles. The molecule has 1 heterocycles. The second kappa shape index (κ2) is 4.64. The van der Waals surface area contributed by atoms with Gasteiger partial charge < -0.3 is 0 Å². The van der Waals surface area contributed by atoms with Gasteiger partial charge in [-0.05, 0) is 19.1 Å². The number of aromatic amines is 1. The zero-order valence-corrected chi connectivity index (χ0v) is 7.32. The van der Waals surface area contributed by atoms with Gasteiger partial charge in [-0.1, -0.05) is 18.2 Å². The average molecular weight is 198 g/mol. The Morgan fingerprint density at radius 2 is 1.86 bits per heavy atom. The van der Waals surface area contributed by atoms with Gasteiger partial charge in [0, 0.05) is 11.8 Å². The number of nitrogens with one attached hydrogen (secondary N) is 1. The zero-order valence-electron chi connectivity index (χ0n) is 7.32. The Morgan fingerprint density at radius 1 is 1.21 bits per heavy atom. The quantitative estimate of drug-likeness (QED) is 0.677. The third-order valence-corrected chi connectivity index (χ3v) is 1.86. The fraction of sp³-hybridized carbons (Fsp3) is 0.100. The Labute approximate surface area is 104 Å². The van der Waals surface area contributed by atoms with Crippen molar-refractivity contribution in [1.82, 2.24) is 9.78 Å². The number of hydrogen-bond acceptors (Lipinski definition) is 1. The molecule has 2 rings (SSSR count). The summed E-state index contributed by atoms with van der Waals surface area (Å²) in [5.74, 6) is 0. The standard InChI is InChI=1S/C10H10N2O.Na.H/c1-8-7-10(13)12(11-8)9-5-3-2-4-6-9;;/h2-7,11H,1H3;;. The van der Waals surface area contributed by atoms with Crippen molar-refractivity contribution in [2.24, 2.45) is 0 Å². The molecule has 1 aromatic heterocycles. The minimum atomic E-state index is -0.0244. The van der Waals surface area contributed by atoms with E-state index in [1.54, 1.807) is 6.07 Å². The van der Waals surface area contributed by atoms with E-state index in [4.69, 9.17) is 0 Å². The molecule has 0 unspecified atom stereocenters. The summed E-state index contributed by atoms with van der Waals surface area (Å²) in [7, 11) is 0. The third-order valence-electron chi connectivity index (χ3n) is 1.86. The van der Waals surface area contributed by atoms with Crippen molar-refractivity contribution in [3.05, 3.63) is 52.4 Å². The van der Waals surface area contributed by atoms with Gasteiger partial charge >= 0.3 is 29.6 Å². The Balaban J connectivity index is 0.000000980. The summed E-state index contributed by atoms with van der Waals surface area (Å²) >= 11 is 0. The van der Waals surface area contributed by atoms with E-state index in [-0.39, 0.29) is 35.1 Å². The first-order valence-electron chi connectivity index (χ1n) is 4.11. The van der Waals surface area contributed by atoms with E-state index in [0.717, 1.165) is 11.4 Å². The van der Waals surface area contributed by atoms with E-state index >= 15 is 0 Å². The maximum atomic E-state index is 11.4. The van der Waals surface area contributed by atoms with E-state index in [0.29, 0.717) is 0 Å². The predicted molar refractivity (Wildman–Crippen MR) is 58.3 cm³/mol. The molecule has 2 aromatic rings. The molecule has 0 aliphatic heterocycles. The van der Waals surface area contributed by atoms with Crippen LogP contribution in [0.25, 0.3) is 5.69 Å². The summed E-state index contributed by atoms with van der Waals surface area (Å²) in [4.78, 5) is 11.4. The van der Waals surface area contributed by atoms with Crippen molar-refractivity contribution >= 4 is 29.6 Å². The van der Waals surface area contributed by atoms with E-state index in [9.17, 15) is 4.79 Å². The van der Waals surface area contributed by atoms with Crippen LogP contribution in [0, 0.1) is 6.92 Å². The SMILES string of the molecule is Cc1cc(=O)n(-c2ccccc2)[nH]1.[NaH]. The summed E-state index contributed by atoms with van der Waals surface area (Å²) < 4.78 is 1.52. The summed E-state index contributed by atoms with van der Waals surface area (Å²) in [6.07, 6.45) is 0. The van der Waals surface area contributed by atoms with Crippen LogP contribution in [0.4, 0.5) is 0 Å². The van der Waals surface area contributed by atoms with Crippen LogP contribution >= 0.6 is 0 Å². The molecular formula is C10H11N2NaO. The van der Waals surface area contributed by atoms with Crippen molar-refractivity contribution in [3.63, 3.8) is 0 Å². The molecule has 3 nitrogen and oxygen atoms in total. The van der Waals surface area contributed by atoms with Crippen LogP contribution in [-0.2, 0) is 0 Å².